The van der Waals surface area contributed by atoms with Gasteiger partial charge in [0.1, 0.15) is 5.58 Å². The SMILES string of the molecule is Cc1c(C(=O)N2C[C@@H](C)[C@H](N3CCOCC3)C2)oc2ccccc12. The number of likely N-dealkylation sites (tertiary alicyclic amines) is 1. The lowest BCUT2D eigenvalue weighted by Gasteiger charge is -2.33. The number of hydrogen-bond donors (Lipinski definition) is 0. The van der Waals surface area contributed by atoms with Gasteiger partial charge in [-0.3, -0.25) is 9.69 Å². The van der Waals surface area contributed by atoms with Gasteiger partial charge in [0, 0.05) is 43.2 Å². The summed E-state index contributed by atoms with van der Waals surface area (Å²) in [5.74, 6) is 0.981. The van der Waals surface area contributed by atoms with E-state index in [0.717, 1.165) is 55.9 Å². The molecule has 2 fully saturated rings. The van der Waals surface area contributed by atoms with Gasteiger partial charge in [-0.15, -0.1) is 0 Å². The zero-order chi connectivity index (χ0) is 16.7. The first-order valence-electron chi connectivity index (χ1n) is 8.74. The first-order chi connectivity index (χ1) is 11.6. The Morgan fingerprint density at radius 3 is 2.67 bits per heavy atom. The topological polar surface area (TPSA) is 45.9 Å². The number of carbonyl (C=O) groups excluding carboxylic acids is 1. The van der Waals surface area contributed by atoms with Crippen LogP contribution in [-0.4, -0.2) is 61.1 Å². The van der Waals surface area contributed by atoms with Crippen molar-refractivity contribution in [3.05, 3.63) is 35.6 Å². The predicted molar refractivity (Wildman–Crippen MR) is 92.2 cm³/mol. The van der Waals surface area contributed by atoms with E-state index in [2.05, 4.69) is 11.8 Å². The van der Waals surface area contributed by atoms with E-state index >= 15 is 0 Å². The average Bonchev–Trinajstić information content (AvgIpc) is 3.16. The highest BCUT2D eigenvalue weighted by Gasteiger charge is 2.38. The number of hydrogen-bond acceptors (Lipinski definition) is 4. The zero-order valence-corrected chi connectivity index (χ0v) is 14.3. The minimum Gasteiger partial charge on any atom is -0.451 e. The summed E-state index contributed by atoms with van der Waals surface area (Å²) >= 11 is 0. The van der Waals surface area contributed by atoms with Gasteiger partial charge < -0.3 is 14.1 Å². The highest BCUT2D eigenvalue weighted by molar-refractivity contribution is 5.99. The second-order valence-electron chi connectivity index (χ2n) is 6.96. The van der Waals surface area contributed by atoms with Gasteiger partial charge in [0.15, 0.2) is 5.76 Å². The van der Waals surface area contributed by atoms with Crippen LogP contribution in [0.25, 0.3) is 11.0 Å². The fourth-order valence-corrected chi connectivity index (χ4v) is 4.02. The number of ether oxygens (including phenoxy) is 1. The summed E-state index contributed by atoms with van der Waals surface area (Å²) in [6.45, 7) is 9.27. The summed E-state index contributed by atoms with van der Waals surface area (Å²) in [4.78, 5) is 17.4. The van der Waals surface area contributed by atoms with Gasteiger partial charge >= 0.3 is 0 Å². The quantitative estimate of drug-likeness (QED) is 0.850. The number of morpholine rings is 1. The molecule has 2 aliphatic heterocycles. The minimum atomic E-state index is 0.0197. The number of nitrogens with zero attached hydrogens (tertiary/aromatic N) is 2. The van der Waals surface area contributed by atoms with Crippen LogP contribution in [0.5, 0.6) is 0 Å². The third-order valence-electron chi connectivity index (χ3n) is 5.41. The molecule has 128 valence electrons. The fraction of sp³-hybridized carbons (Fsp3) is 0.526. The zero-order valence-electron chi connectivity index (χ0n) is 14.3. The Bertz CT molecular complexity index is 748. The average molecular weight is 328 g/mol. The number of amides is 1. The molecule has 1 amide bonds. The maximum atomic E-state index is 13.0. The number of carbonyl (C=O) groups is 1. The van der Waals surface area contributed by atoms with Gasteiger partial charge in [0.2, 0.25) is 0 Å². The molecule has 0 bridgehead atoms. The van der Waals surface area contributed by atoms with E-state index in [1.807, 2.05) is 36.1 Å². The second-order valence-corrected chi connectivity index (χ2v) is 6.96. The summed E-state index contributed by atoms with van der Waals surface area (Å²) in [6, 6.07) is 8.26. The molecule has 0 aliphatic carbocycles. The molecular formula is C19H24N2O3. The second kappa shape index (κ2) is 6.22. The molecular weight excluding hydrogens is 304 g/mol. The molecule has 24 heavy (non-hydrogen) atoms. The smallest absolute Gasteiger partial charge is 0.289 e. The van der Waals surface area contributed by atoms with Crippen LogP contribution < -0.4 is 0 Å². The van der Waals surface area contributed by atoms with Gasteiger partial charge in [-0.25, -0.2) is 0 Å². The number of aryl methyl sites for hydroxylation is 1. The summed E-state index contributed by atoms with van der Waals surface area (Å²) in [7, 11) is 0. The Morgan fingerprint density at radius 2 is 1.92 bits per heavy atom. The monoisotopic (exact) mass is 328 g/mol. The van der Waals surface area contributed by atoms with E-state index < -0.39 is 0 Å². The van der Waals surface area contributed by atoms with Crippen molar-refractivity contribution >= 4 is 16.9 Å². The number of furan rings is 1. The van der Waals surface area contributed by atoms with Crippen LogP contribution in [0, 0.1) is 12.8 Å². The number of benzene rings is 1. The Hall–Kier alpha value is -1.85. The van der Waals surface area contributed by atoms with Crippen LogP contribution in [0.1, 0.15) is 23.0 Å². The molecule has 0 N–H and O–H groups in total. The molecule has 0 unspecified atom stereocenters. The Kier molecular flexibility index (Phi) is 4.06. The molecule has 2 aliphatic rings. The van der Waals surface area contributed by atoms with Crippen molar-refractivity contribution in [1.29, 1.82) is 0 Å². The Balaban J connectivity index is 1.55. The maximum absolute atomic E-state index is 13.0. The normalized spacial score (nSPS) is 25.5. The van der Waals surface area contributed by atoms with Gasteiger partial charge in [-0.1, -0.05) is 25.1 Å². The van der Waals surface area contributed by atoms with Crippen molar-refractivity contribution in [3.8, 4) is 0 Å². The van der Waals surface area contributed by atoms with Crippen molar-refractivity contribution in [2.45, 2.75) is 19.9 Å². The van der Waals surface area contributed by atoms with Crippen LogP contribution in [0.4, 0.5) is 0 Å². The van der Waals surface area contributed by atoms with E-state index in [4.69, 9.17) is 9.15 Å². The Labute approximate surface area is 142 Å². The molecule has 0 spiro atoms. The van der Waals surface area contributed by atoms with Crippen molar-refractivity contribution < 1.29 is 13.9 Å². The molecule has 0 saturated carbocycles. The van der Waals surface area contributed by atoms with Gasteiger partial charge in [-0.05, 0) is 18.9 Å². The molecule has 1 aromatic carbocycles. The largest absolute Gasteiger partial charge is 0.451 e. The third-order valence-corrected chi connectivity index (χ3v) is 5.41. The van der Waals surface area contributed by atoms with Crippen molar-refractivity contribution in [1.82, 2.24) is 9.80 Å². The lowest BCUT2D eigenvalue weighted by atomic mass is 10.0. The summed E-state index contributed by atoms with van der Waals surface area (Å²) in [5.41, 5.74) is 1.73. The van der Waals surface area contributed by atoms with Crippen LogP contribution in [0.15, 0.2) is 28.7 Å². The minimum absolute atomic E-state index is 0.0197. The first kappa shape index (κ1) is 15.7. The van der Waals surface area contributed by atoms with Crippen LogP contribution >= 0.6 is 0 Å². The number of fused-ring (bicyclic) bond motifs is 1. The molecule has 2 aromatic rings. The number of para-hydroxylation sites is 1. The van der Waals surface area contributed by atoms with Gasteiger partial charge in [-0.2, -0.15) is 0 Å². The van der Waals surface area contributed by atoms with Gasteiger partial charge in [0.25, 0.3) is 5.91 Å². The number of rotatable bonds is 2. The summed E-state index contributed by atoms with van der Waals surface area (Å²) in [5, 5.41) is 1.03. The molecule has 2 atom stereocenters. The molecule has 1 aromatic heterocycles. The molecule has 0 radical (unpaired) electrons. The van der Waals surface area contributed by atoms with Crippen molar-refractivity contribution in [2.24, 2.45) is 5.92 Å². The van der Waals surface area contributed by atoms with E-state index in [-0.39, 0.29) is 5.91 Å². The van der Waals surface area contributed by atoms with E-state index in [9.17, 15) is 4.79 Å². The van der Waals surface area contributed by atoms with Crippen LogP contribution in [-0.2, 0) is 4.74 Å². The van der Waals surface area contributed by atoms with Crippen LogP contribution in [0.3, 0.4) is 0 Å². The molecule has 5 nitrogen and oxygen atoms in total. The van der Waals surface area contributed by atoms with E-state index in [0.29, 0.717) is 17.7 Å². The lowest BCUT2D eigenvalue weighted by molar-refractivity contribution is 0.0119. The molecule has 3 heterocycles. The van der Waals surface area contributed by atoms with Crippen molar-refractivity contribution in [3.63, 3.8) is 0 Å². The van der Waals surface area contributed by atoms with E-state index in [1.54, 1.807) is 0 Å². The lowest BCUT2D eigenvalue weighted by Crippen LogP contribution is -2.47. The molecule has 2 saturated heterocycles. The molecule has 5 heteroatoms. The van der Waals surface area contributed by atoms with Crippen LogP contribution in [0.2, 0.25) is 0 Å². The Morgan fingerprint density at radius 1 is 1.17 bits per heavy atom. The van der Waals surface area contributed by atoms with E-state index in [1.165, 1.54) is 0 Å². The molecule has 4 rings (SSSR count). The summed E-state index contributed by atoms with van der Waals surface area (Å²) in [6.07, 6.45) is 0. The van der Waals surface area contributed by atoms with Crippen molar-refractivity contribution in [2.75, 3.05) is 39.4 Å². The fourth-order valence-electron chi connectivity index (χ4n) is 4.02. The maximum Gasteiger partial charge on any atom is 0.289 e. The predicted octanol–water partition coefficient (Wildman–Crippen LogP) is 2.53. The van der Waals surface area contributed by atoms with Gasteiger partial charge in [0.05, 0.1) is 13.2 Å². The summed E-state index contributed by atoms with van der Waals surface area (Å²) < 4.78 is 11.3. The third kappa shape index (κ3) is 2.62. The first-order valence-corrected chi connectivity index (χ1v) is 8.74. The standard InChI is InChI=1S/C19H24N2O3/c1-13-11-21(12-16(13)20-7-9-23-10-8-20)19(22)18-14(2)15-5-3-4-6-17(15)24-18/h3-6,13,16H,7-12H2,1-2H3/t13-,16-/m1/s1. The highest BCUT2D eigenvalue weighted by Crippen LogP contribution is 2.29. The highest BCUT2D eigenvalue weighted by atomic mass is 16.5.